The van der Waals surface area contributed by atoms with Gasteiger partial charge < -0.3 is 11.1 Å². The van der Waals surface area contributed by atoms with Gasteiger partial charge in [-0.1, -0.05) is 38.1 Å². The van der Waals surface area contributed by atoms with Crippen molar-refractivity contribution in [2.45, 2.75) is 39.8 Å². The maximum atomic E-state index is 11.7. The van der Waals surface area contributed by atoms with Crippen LogP contribution in [0.1, 0.15) is 37.8 Å². The van der Waals surface area contributed by atoms with Crippen molar-refractivity contribution in [3.8, 4) is 0 Å². The highest BCUT2D eigenvalue weighted by molar-refractivity contribution is 5.78. The van der Waals surface area contributed by atoms with Crippen LogP contribution in [-0.4, -0.2) is 30.4 Å². The Morgan fingerprint density at radius 2 is 1.86 bits per heavy atom. The van der Waals surface area contributed by atoms with Gasteiger partial charge in [-0.2, -0.15) is 0 Å². The normalized spacial score (nSPS) is 18.1. The number of carbonyl (C=O) groups is 1. The molecule has 1 aromatic carbocycles. The second-order valence-electron chi connectivity index (χ2n) is 6.63. The molecule has 3 N–H and O–H groups in total. The summed E-state index contributed by atoms with van der Waals surface area (Å²) < 4.78 is 0. The number of likely N-dealkylation sites (tertiary alicyclic amines) is 1. The molecule has 1 atom stereocenters. The summed E-state index contributed by atoms with van der Waals surface area (Å²) in [5, 5.41) is 2.93. The lowest BCUT2D eigenvalue weighted by atomic mass is 9.99. The summed E-state index contributed by atoms with van der Waals surface area (Å²) in [6, 6.07) is 8.56. The Morgan fingerprint density at radius 1 is 1.27 bits per heavy atom. The smallest absolute Gasteiger partial charge is 0.224 e. The molecule has 1 saturated heterocycles. The SMILES string of the molecule is CC1CCN(Cc2ccc(CNC(=O)C(C)CN)cc2)CC1. The molecule has 4 nitrogen and oxygen atoms in total. The van der Waals surface area contributed by atoms with Gasteiger partial charge in [-0.15, -0.1) is 0 Å². The third-order valence-corrected chi connectivity index (χ3v) is 4.57. The molecule has 0 aromatic heterocycles. The van der Waals surface area contributed by atoms with E-state index in [0.29, 0.717) is 13.1 Å². The van der Waals surface area contributed by atoms with Crippen LogP contribution in [0.15, 0.2) is 24.3 Å². The fourth-order valence-corrected chi connectivity index (χ4v) is 2.71. The summed E-state index contributed by atoms with van der Waals surface area (Å²) in [6.07, 6.45) is 2.62. The highest BCUT2D eigenvalue weighted by atomic mass is 16.1. The van der Waals surface area contributed by atoms with E-state index in [0.717, 1.165) is 18.0 Å². The Morgan fingerprint density at radius 3 is 2.45 bits per heavy atom. The molecule has 1 fully saturated rings. The minimum atomic E-state index is -0.124. The van der Waals surface area contributed by atoms with E-state index >= 15 is 0 Å². The lowest BCUT2D eigenvalue weighted by Crippen LogP contribution is -2.33. The maximum absolute atomic E-state index is 11.7. The molecule has 2 rings (SSSR count). The number of hydrogen-bond acceptors (Lipinski definition) is 3. The molecule has 1 amide bonds. The number of nitrogens with zero attached hydrogens (tertiary/aromatic N) is 1. The predicted octanol–water partition coefficient (Wildman–Crippen LogP) is 2.13. The Bertz CT molecular complexity index is 464. The van der Waals surface area contributed by atoms with Gasteiger partial charge in [-0.05, 0) is 43.0 Å². The van der Waals surface area contributed by atoms with Crippen LogP contribution in [0.3, 0.4) is 0 Å². The van der Waals surface area contributed by atoms with E-state index in [1.54, 1.807) is 0 Å². The Balaban J connectivity index is 1.79. The molecule has 0 aliphatic carbocycles. The van der Waals surface area contributed by atoms with Crippen LogP contribution in [0.4, 0.5) is 0 Å². The van der Waals surface area contributed by atoms with Crippen LogP contribution in [0.5, 0.6) is 0 Å². The lowest BCUT2D eigenvalue weighted by molar-refractivity contribution is -0.124. The van der Waals surface area contributed by atoms with Crippen molar-refractivity contribution in [1.29, 1.82) is 0 Å². The highest BCUT2D eigenvalue weighted by Gasteiger charge is 2.15. The average molecular weight is 303 g/mol. The molecular formula is C18H29N3O. The van der Waals surface area contributed by atoms with Gasteiger partial charge >= 0.3 is 0 Å². The fraction of sp³-hybridized carbons (Fsp3) is 0.611. The first-order valence-electron chi connectivity index (χ1n) is 8.36. The van der Waals surface area contributed by atoms with Crippen molar-refractivity contribution in [3.63, 3.8) is 0 Å². The number of hydrogen-bond donors (Lipinski definition) is 2. The number of benzene rings is 1. The van der Waals surface area contributed by atoms with Crippen LogP contribution in [0.2, 0.25) is 0 Å². The zero-order valence-electron chi connectivity index (χ0n) is 13.8. The number of carbonyl (C=O) groups excluding carboxylic acids is 1. The molecule has 0 saturated carbocycles. The number of amides is 1. The van der Waals surface area contributed by atoms with Gasteiger partial charge in [-0.3, -0.25) is 9.69 Å². The molecule has 1 aliphatic heterocycles. The molecule has 22 heavy (non-hydrogen) atoms. The number of nitrogens with one attached hydrogen (secondary N) is 1. The molecule has 1 aliphatic rings. The first-order chi connectivity index (χ1) is 10.6. The van der Waals surface area contributed by atoms with Gasteiger partial charge in [0.05, 0.1) is 0 Å². The minimum Gasteiger partial charge on any atom is -0.352 e. The van der Waals surface area contributed by atoms with Crippen LogP contribution >= 0.6 is 0 Å². The quantitative estimate of drug-likeness (QED) is 0.846. The summed E-state index contributed by atoms with van der Waals surface area (Å²) in [7, 11) is 0. The molecule has 122 valence electrons. The van der Waals surface area contributed by atoms with Crippen LogP contribution in [0.25, 0.3) is 0 Å². The van der Waals surface area contributed by atoms with E-state index in [-0.39, 0.29) is 11.8 Å². The van der Waals surface area contributed by atoms with Crippen molar-refractivity contribution < 1.29 is 4.79 Å². The maximum Gasteiger partial charge on any atom is 0.224 e. The zero-order valence-corrected chi connectivity index (χ0v) is 13.8. The second-order valence-corrected chi connectivity index (χ2v) is 6.63. The van der Waals surface area contributed by atoms with Crippen LogP contribution in [-0.2, 0) is 17.9 Å². The van der Waals surface area contributed by atoms with Crippen molar-refractivity contribution in [3.05, 3.63) is 35.4 Å². The molecule has 0 spiro atoms. The molecule has 0 bridgehead atoms. The summed E-state index contributed by atoms with van der Waals surface area (Å²) in [5.74, 6) is 0.771. The molecule has 4 heteroatoms. The third-order valence-electron chi connectivity index (χ3n) is 4.57. The second kappa shape index (κ2) is 8.30. The Hall–Kier alpha value is -1.39. The van der Waals surface area contributed by atoms with Gasteiger partial charge in [0.1, 0.15) is 0 Å². The monoisotopic (exact) mass is 303 g/mol. The largest absolute Gasteiger partial charge is 0.352 e. The standard InChI is InChI=1S/C18H29N3O/c1-14-7-9-21(10-8-14)13-17-5-3-16(4-6-17)12-20-18(22)15(2)11-19/h3-6,14-15H,7-13,19H2,1-2H3,(H,20,22). The van der Waals surface area contributed by atoms with Gasteiger partial charge in [0, 0.05) is 25.6 Å². The number of piperidine rings is 1. The minimum absolute atomic E-state index is 0.0222. The molecule has 1 unspecified atom stereocenters. The molecule has 0 radical (unpaired) electrons. The Kier molecular flexibility index (Phi) is 6.40. The van der Waals surface area contributed by atoms with E-state index in [4.69, 9.17) is 5.73 Å². The predicted molar refractivity (Wildman–Crippen MR) is 90.2 cm³/mol. The van der Waals surface area contributed by atoms with Crippen LogP contribution < -0.4 is 11.1 Å². The van der Waals surface area contributed by atoms with E-state index in [2.05, 4.69) is 41.4 Å². The third kappa shape index (κ3) is 5.11. The highest BCUT2D eigenvalue weighted by Crippen LogP contribution is 2.18. The van der Waals surface area contributed by atoms with Crippen molar-refractivity contribution >= 4 is 5.91 Å². The summed E-state index contributed by atoms with van der Waals surface area (Å²) in [4.78, 5) is 14.2. The number of nitrogens with two attached hydrogens (primary N) is 1. The average Bonchev–Trinajstić information content (AvgIpc) is 2.55. The molecule has 1 aromatic rings. The van der Waals surface area contributed by atoms with Gasteiger partial charge in [-0.25, -0.2) is 0 Å². The Labute approximate surface area is 134 Å². The van der Waals surface area contributed by atoms with Gasteiger partial charge in [0.25, 0.3) is 0 Å². The molecular weight excluding hydrogens is 274 g/mol. The first kappa shape index (κ1) is 17.0. The van der Waals surface area contributed by atoms with Crippen molar-refractivity contribution in [2.24, 2.45) is 17.6 Å². The fourth-order valence-electron chi connectivity index (χ4n) is 2.71. The van der Waals surface area contributed by atoms with Crippen molar-refractivity contribution in [2.75, 3.05) is 19.6 Å². The number of rotatable bonds is 6. The first-order valence-corrected chi connectivity index (χ1v) is 8.36. The van der Waals surface area contributed by atoms with E-state index in [9.17, 15) is 4.79 Å². The van der Waals surface area contributed by atoms with Gasteiger partial charge in [0.15, 0.2) is 0 Å². The zero-order chi connectivity index (χ0) is 15.9. The van der Waals surface area contributed by atoms with E-state index in [1.165, 1.54) is 31.5 Å². The van der Waals surface area contributed by atoms with Gasteiger partial charge in [0.2, 0.25) is 5.91 Å². The summed E-state index contributed by atoms with van der Waals surface area (Å²) in [5.41, 5.74) is 7.97. The van der Waals surface area contributed by atoms with Crippen LogP contribution in [0, 0.1) is 11.8 Å². The van der Waals surface area contributed by atoms with Crippen molar-refractivity contribution in [1.82, 2.24) is 10.2 Å². The van der Waals surface area contributed by atoms with E-state index in [1.807, 2.05) is 6.92 Å². The topological polar surface area (TPSA) is 58.4 Å². The lowest BCUT2D eigenvalue weighted by Gasteiger charge is -2.30. The summed E-state index contributed by atoms with van der Waals surface area (Å²) >= 11 is 0. The summed E-state index contributed by atoms with van der Waals surface area (Å²) in [6.45, 7) is 8.59. The molecule has 1 heterocycles. The van der Waals surface area contributed by atoms with E-state index < -0.39 is 0 Å².